The molecule has 3 rings (SSSR count). The predicted octanol–water partition coefficient (Wildman–Crippen LogP) is 2.02. The number of ether oxygens (including phenoxy) is 1. The zero-order chi connectivity index (χ0) is 22.8. The average Bonchev–Trinajstić information content (AvgIpc) is 3.08. The van der Waals surface area contributed by atoms with Gasteiger partial charge in [0.1, 0.15) is 0 Å². The molecule has 0 aliphatic carbocycles. The number of aromatic nitrogens is 1. The van der Waals surface area contributed by atoms with E-state index in [0.29, 0.717) is 17.7 Å². The molecule has 13 heteroatoms. The first-order chi connectivity index (χ1) is 14.6. The third-order valence-electron chi connectivity index (χ3n) is 5.10. The Kier molecular flexibility index (Phi) is 6.82. The van der Waals surface area contributed by atoms with Gasteiger partial charge in [0.15, 0.2) is 5.75 Å². The number of nitro groups is 1. The molecule has 168 valence electrons. The van der Waals surface area contributed by atoms with Crippen LogP contribution in [-0.2, 0) is 21.2 Å². The van der Waals surface area contributed by atoms with E-state index in [-0.39, 0.29) is 54.4 Å². The van der Waals surface area contributed by atoms with Gasteiger partial charge < -0.3 is 14.2 Å². The van der Waals surface area contributed by atoms with E-state index >= 15 is 0 Å². The van der Waals surface area contributed by atoms with Crippen LogP contribution in [0.1, 0.15) is 17.7 Å². The summed E-state index contributed by atoms with van der Waals surface area (Å²) in [5.41, 5.74) is 0.875. The molecule has 0 saturated carbocycles. The lowest BCUT2D eigenvalue weighted by Crippen LogP contribution is -2.50. The van der Waals surface area contributed by atoms with Crippen LogP contribution in [0.15, 0.2) is 27.6 Å². The number of nitrogens with zero attached hydrogens (tertiary/aromatic N) is 4. The molecule has 1 amide bonds. The van der Waals surface area contributed by atoms with Crippen LogP contribution in [0, 0.1) is 17.0 Å². The van der Waals surface area contributed by atoms with Crippen molar-refractivity contribution in [3.05, 3.63) is 44.8 Å². The van der Waals surface area contributed by atoms with Crippen molar-refractivity contribution in [1.29, 1.82) is 0 Å². The molecule has 0 unspecified atom stereocenters. The minimum absolute atomic E-state index is 0.0254. The lowest BCUT2D eigenvalue weighted by Gasteiger charge is -2.34. The Bertz CT molecular complexity index is 1070. The zero-order valence-corrected chi connectivity index (χ0v) is 18.5. The molecule has 1 aliphatic rings. The first-order valence-corrected chi connectivity index (χ1v) is 11.2. The number of sulfonamides is 1. The van der Waals surface area contributed by atoms with Gasteiger partial charge >= 0.3 is 5.69 Å². The number of piperazine rings is 1. The molecular weight excluding hydrogens is 452 g/mol. The first kappa shape index (κ1) is 23.0. The number of benzene rings is 1. The smallest absolute Gasteiger partial charge is 0.312 e. The van der Waals surface area contributed by atoms with Crippen LogP contribution in [0.3, 0.4) is 0 Å². The SMILES string of the molecule is COc1ccc(S(=O)(=O)N2CCN(C(=O)CCc3c(C)noc3Cl)CC2)cc1[N+](=O)[O-]. The number of halogens is 1. The van der Waals surface area contributed by atoms with Crippen molar-refractivity contribution in [2.75, 3.05) is 33.3 Å². The third kappa shape index (κ3) is 4.81. The summed E-state index contributed by atoms with van der Waals surface area (Å²) in [6.45, 7) is 2.34. The van der Waals surface area contributed by atoms with Crippen molar-refractivity contribution >= 4 is 33.2 Å². The van der Waals surface area contributed by atoms with Crippen molar-refractivity contribution in [1.82, 2.24) is 14.4 Å². The van der Waals surface area contributed by atoms with Crippen LogP contribution in [0.2, 0.25) is 5.22 Å². The fourth-order valence-corrected chi connectivity index (χ4v) is 5.04. The Balaban J connectivity index is 1.64. The normalized spacial score (nSPS) is 15.1. The van der Waals surface area contributed by atoms with Gasteiger partial charge in [0.05, 0.1) is 22.6 Å². The fraction of sp³-hybridized carbons (Fsp3) is 0.444. The lowest BCUT2D eigenvalue weighted by atomic mass is 10.1. The molecule has 2 heterocycles. The molecule has 31 heavy (non-hydrogen) atoms. The fourth-order valence-electron chi connectivity index (χ4n) is 3.33. The van der Waals surface area contributed by atoms with Crippen LogP contribution < -0.4 is 4.74 Å². The highest BCUT2D eigenvalue weighted by Gasteiger charge is 2.32. The van der Waals surface area contributed by atoms with Crippen LogP contribution in [0.4, 0.5) is 5.69 Å². The predicted molar refractivity (Wildman–Crippen MR) is 110 cm³/mol. The van der Waals surface area contributed by atoms with Gasteiger partial charge in [-0.3, -0.25) is 14.9 Å². The number of hydrogen-bond donors (Lipinski definition) is 0. The second-order valence-electron chi connectivity index (χ2n) is 6.90. The maximum Gasteiger partial charge on any atom is 0.312 e. The Hall–Kier alpha value is -2.70. The summed E-state index contributed by atoms with van der Waals surface area (Å²) in [5.74, 6) is -0.156. The van der Waals surface area contributed by atoms with Crippen LogP contribution >= 0.6 is 11.6 Å². The molecule has 0 atom stereocenters. The van der Waals surface area contributed by atoms with Crippen LogP contribution in [-0.4, -0.2) is 66.9 Å². The molecule has 0 bridgehead atoms. The Morgan fingerprint density at radius 3 is 2.55 bits per heavy atom. The van der Waals surface area contributed by atoms with Gasteiger partial charge in [0.25, 0.3) is 0 Å². The molecule has 0 spiro atoms. The standard InChI is InChI=1S/C18H21ClN4O7S/c1-12-14(18(19)30-20-12)4-6-17(24)21-7-9-22(10-8-21)31(27,28)13-3-5-16(29-2)15(11-13)23(25)26/h3,5,11H,4,6-10H2,1-2H3. The summed E-state index contributed by atoms with van der Waals surface area (Å²) >= 11 is 5.91. The molecule has 1 aromatic carbocycles. The summed E-state index contributed by atoms with van der Waals surface area (Å²) in [4.78, 5) is 24.4. The molecule has 1 aliphatic heterocycles. The van der Waals surface area contributed by atoms with Crippen LogP contribution in [0.5, 0.6) is 5.75 Å². The van der Waals surface area contributed by atoms with Gasteiger partial charge in [0.2, 0.25) is 21.1 Å². The Labute approximate surface area is 183 Å². The third-order valence-corrected chi connectivity index (χ3v) is 7.29. The summed E-state index contributed by atoms with van der Waals surface area (Å²) < 4.78 is 36.8. The number of rotatable bonds is 7. The van der Waals surface area contributed by atoms with Crippen molar-refractivity contribution < 1.29 is 27.4 Å². The number of nitro benzene ring substituents is 1. The second-order valence-corrected chi connectivity index (χ2v) is 9.18. The highest BCUT2D eigenvalue weighted by Crippen LogP contribution is 2.31. The molecule has 1 fully saturated rings. The van der Waals surface area contributed by atoms with Crippen molar-refractivity contribution in [3.63, 3.8) is 0 Å². The van der Waals surface area contributed by atoms with Crippen molar-refractivity contribution in [3.8, 4) is 5.75 Å². The Morgan fingerprint density at radius 1 is 1.32 bits per heavy atom. The second kappa shape index (κ2) is 9.20. The first-order valence-electron chi connectivity index (χ1n) is 9.36. The average molecular weight is 473 g/mol. The van der Waals surface area contributed by atoms with E-state index in [9.17, 15) is 23.3 Å². The van der Waals surface area contributed by atoms with Gasteiger partial charge in [-0.1, -0.05) is 5.16 Å². The molecule has 0 N–H and O–H groups in total. The van der Waals surface area contributed by atoms with E-state index in [1.807, 2.05) is 0 Å². The number of hydrogen-bond acceptors (Lipinski definition) is 8. The summed E-state index contributed by atoms with van der Waals surface area (Å²) in [5, 5.41) is 15.1. The van der Waals surface area contributed by atoms with E-state index in [1.54, 1.807) is 11.8 Å². The van der Waals surface area contributed by atoms with Crippen molar-refractivity contribution in [2.45, 2.75) is 24.7 Å². The minimum atomic E-state index is -3.95. The van der Waals surface area contributed by atoms with E-state index in [1.165, 1.54) is 23.5 Å². The molecule has 1 aromatic heterocycles. The molecule has 11 nitrogen and oxygen atoms in total. The number of amides is 1. The highest BCUT2D eigenvalue weighted by atomic mass is 35.5. The van der Waals surface area contributed by atoms with Gasteiger partial charge in [-0.25, -0.2) is 8.42 Å². The summed E-state index contributed by atoms with van der Waals surface area (Å²) in [6.07, 6.45) is 0.570. The molecule has 0 radical (unpaired) electrons. The maximum absolute atomic E-state index is 12.9. The zero-order valence-electron chi connectivity index (χ0n) is 16.9. The van der Waals surface area contributed by atoms with E-state index in [0.717, 1.165) is 6.07 Å². The summed E-state index contributed by atoms with van der Waals surface area (Å²) in [7, 11) is -2.68. The molecular formula is C18H21ClN4O7S. The van der Waals surface area contributed by atoms with E-state index in [4.69, 9.17) is 20.9 Å². The molecule has 2 aromatic rings. The molecule has 1 saturated heterocycles. The number of aryl methyl sites for hydroxylation is 1. The quantitative estimate of drug-likeness (QED) is 0.441. The number of methoxy groups -OCH3 is 1. The van der Waals surface area contributed by atoms with Gasteiger partial charge in [-0.2, -0.15) is 4.31 Å². The topological polar surface area (TPSA) is 136 Å². The van der Waals surface area contributed by atoms with Crippen LogP contribution in [0.25, 0.3) is 0 Å². The number of carbonyl (C=O) groups is 1. The minimum Gasteiger partial charge on any atom is -0.490 e. The monoisotopic (exact) mass is 472 g/mol. The van der Waals surface area contributed by atoms with E-state index in [2.05, 4.69) is 5.16 Å². The Morgan fingerprint density at radius 2 is 2.00 bits per heavy atom. The maximum atomic E-state index is 12.9. The van der Waals surface area contributed by atoms with E-state index < -0.39 is 20.6 Å². The van der Waals surface area contributed by atoms with Gasteiger partial charge in [-0.15, -0.1) is 0 Å². The lowest BCUT2D eigenvalue weighted by molar-refractivity contribution is -0.386. The highest BCUT2D eigenvalue weighted by molar-refractivity contribution is 7.89. The van der Waals surface area contributed by atoms with Gasteiger partial charge in [0, 0.05) is 44.2 Å². The largest absolute Gasteiger partial charge is 0.490 e. The van der Waals surface area contributed by atoms with Crippen molar-refractivity contribution in [2.24, 2.45) is 0 Å². The van der Waals surface area contributed by atoms with Gasteiger partial charge in [-0.05, 0) is 37.1 Å². The summed E-state index contributed by atoms with van der Waals surface area (Å²) in [6, 6.07) is 3.50. The number of carbonyl (C=O) groups excluding carboxylic acids is 1.